The van der Waals surface area contributed by atoms with E-state index in [1.165, 1.54) is 257 Å². The SMILES string of the molecule is CCCCCCCCC/C=C\CCCCCCCC(=O)OC(CO)COC(=O)CCCCCCCCCCCCCCCCCCCCCCCCCCCCCCCCCC. The molecule has 5 heteroatoms. The van der Waals surface area contributed by atoms with Crippen molar-refractivity contribution in [3.05, 3.63) is 12.2 Å². The first-order chi connectivity index (χ1) is 30.6. The molecule has 0 aliphatic rings. The lowest BCUT2D eigenvalue weighted by molar-refractivity contribution is -0.161. The van der Waals surface area contributed by atoms with E-state index in [0.717, 1.165) is 38.5 Å². The molecular weight excluding hydrogens is 765 g/mol. The Morgan fingerprint density at radius 2 is 0.597 bits per heavy atom. The van der Waals surface area contributed by atoms with Gasteiger partial charge >= 0.3 is 11.9 Å². The Hall–Kier alpha value is -1.36. The van der Waals surface area contributed by atoms with Crippen molar-refractivity contribution in [2.45, 2.75) is 328 Å². The van der Waals surface area contributed by atoms with Gasteiger partial charge in [-0.25, -0.2) is 0 Å². The van der Waals surface area contributed by atoms with Gasteiger partial charge in [0.25, 0.3) is 0 Å². The molecule has 0 aromatic carbocycles. The molecule has 0 aromatic heterocycles. The summed E-state index contributed by atoms with van der Waals surface area (Å²) < 4.78 is 10.7. The van der Waals surface area contributed by atoms with Crippen LogP contribution in [0.1, 0.15) is 322 Å². The van der Waals surface area contributed by atoms with E-state index in [1.54, 1.807) is 0 Å². The summed E-state index contributed by atoms with van der Waals surface area (Å²) in [5.74, 6) is -0.581. The van der Waals surface area contributed by atoms with Gasteiger partial charge in [0.15, 0.2) is 6.10 Å². The first-order valence-corrected chi connectivity index (χ1v) is 28.2. The molecule has 1 N–H and O–H groups in total. The van der Waals surface area contributed by atoms with Gasteiger partial charge in [-0.05, 0) is 38.5 Å². The summed E-state index contributed by atoms with van der Waals surface area (Å²) in [6.07, 6.45) is 66.3. The number of carbonyl (C=O) groups is 2. The molecule has 0 aromatic rings. The van der Waals surface area contributed by atoms with E-state index in [9.17, 15) is 14.7 Å². The minimum Gasteiger partial charge on any atom is -0.462 e. The molecule has 0 rings (SSSR count). The third kappa shape index (κ3) is 51.3. The van der Waals surface area contributed by atoms with Gasteiger partial charge in [-0.3, -0.25) is 9.59 Å². The molecule has 1 atom stereocenters. The normalized spacial score (nSPS) is 12.1. The number of aliphatic hydroxyl groups excluding tert-OH is 1. The summed E-state index contributed by atoms with van der Waals surface area (Å²) in [6, 6.07) is 0. The van der Waals surface area contributed by atoms with Crippen LogP contribution in [-0.2, 0) is 19.1 Å². The maximum atomic E-state index is 12.2. The maximum absolute atomic E-state index is 12.2. The van der Waals surface area contributed by atoms with Crippen LogP contribution in [0.2, 0.25) is 0 Å². The van der Waals surface area contributed by atoms with Crippen LogP contribution < -0.4 is 0 Å². The summed E-state index contributed by atoms with van der Waals surface area (Å²) >= 11 is 0. The highest BCUT2D eigenvalue weighted by Crippen LogP contribution is 2.18. The quantitative estimate of drug-likeness (QED) is 0.0374. The molecule has 0 radical (unpaired) electrons. The van der Waals surface area contributed by atoms with Crippen molar-refractivity contribution < 1.29 is 24.2 Å². The molecule has 368 valence electrons. The number of hydrogen-bond acceptors (Lipinski definition) is 5. The van der Waals surface area contributed by atoms with E-state index in [1.807, 2.05) is 0 Å². The Kier molecular flexibility index (Phi) is 52.8. The maximum Gasteiger partial charge on any atom is 0.306 e. The molecule has 0 saturated heterocycles. The highest BCUT2D eigenvalue weighted by molar-refractivity contribution is 5.70. The second-order valence-electron chi connectivity index (χ2n) is 19.4. The van der Waals surface area contributed by atoms with Gasteiger partial charge in [-0.1, -0.05) is 283 Å². The van der Waals surface area contributed by atoms with Crippen molar-refractivity contribution in [2.75, 3.05) is 13.2 Å². The van der Waals surface area contributed by atoms with Gasteiger partial charge in [0.05, 0.1) is 6.61 Å². The van der Waals surface area contributed by atoms with Gasteiger partial charge in [0.2, 0.25) is 0 Å². The van der Waals surface area contributed by atoms with Crippen molar-refractivity contribution in [3.63, 3.8) is 0 Å². The van der Waals surface area contributed by atoms with Crippen LogP contribution in [0.5, 0.6) is 0 Å². The molecule has 0 heterocycles. The topological polar surface area (TPSA) is 72.8 Å². The number of hydrogen-bond donors (Lipinski definition) is 1. The monoisotopic (exact) mass is 875 g/mol. The average molecular weight is 876 g/mol. The van der Waals surface area contributed by atoms with Crippen LogP contribution in [0, 0.1) is 0 Å². The summed E-state index contributed by atoms with van der Waals surface area (Å²) in [7, 11) is 0. The van der Waals surface area contributed by atoms with Gasteiger partial charge in [-0.2, -0.15) is 0 Å². The summed E-state index contributed by atoms with van der Waals surface area (Å²) in [4.78, 5) is 24.4. The van der Waals surface area contributed by atoms with Crippen LogP contribution >= 0.6 is 0 Å². The van der Waals surface area contributed by atoms with Crippen LogP contribution in [0.4, 0.5) is 0 Å². The molecule has 62 heavy (non-hydrogen) atoms. The largest absolute Gasteiger partial charge is 0.462 e. The number of unbranched alkanes of at least 4 members (excludes halogenated alkanes) is 43. The molecule has 5 nitrogen and oxygen atoms in total. The fourth-order valence-corrected chi connectivity index (χ4v) is 8.79. The molecule has 0 bridgehead atoms. The lowest BCUT2D eigenvalue weighted by Crippen LogP contribution is -2.28. The number of ether oxygens (including phenoxy) is 2. The number of allylic oxidation sites excluding steroid dienone is 2. The molecule has 0 fully saturated rings. The van der Waals surface area contributed by atoms with Gasteiger partial charge in [0.1, 0.15) is 6.61 Å². The van der Waals surface area contributed by atoms with Crippen molar-refractivity contribution in [2.24, 2.45) is 0 Å². The van der Waals surface area contributed by atoms with Crippen LogP contribution in [0.25, 0.3) is 0 Å². The van der Waals surface area contributed by atoms with Gasteiger partial charge < -0.3 is 14.6 Å². The predicted octanol–water partition coefficient (Wildman–Crippen LogP) is 18.8. The van der Waals surface area contributed by atoms with Crippen molar-refractivity contribution in [1.29, 1.82) is 0 Å². The third-order valence-electron chi connectivity index (χ3n) is 13.1. The highest BCUT2D eigenvalue weighted by Gasteiger charge is 2.16. The van der Waals surface area contributed by atoms with Crippen LogP contribution in [-0.4, -0.2) is 36.4 Å². The lowest BCUT2D eigenvalue weighted by Gasteiger charge is -2.15. The standard InChI is InChI=1S/C57H110O5/c1-3-5-7-9-11-13-15-17-19-21-22-23-24-25-26-27-28-29-30-31-32-33-34-35-36-38-39-41-43-45-47-49-51-56(59)61-54-55(53-58)62-57(60)52-50-48-46-44-42-40-37-20-18-16-14-12-10-8-6-4-2/h20,37,55,58H,3-19,21-36,38-54H2,1-2H3/b37-20-. The highest BCUT2D eigenvalue weighted by atomic mass is 16.6. The number of carbonyl (C=O) groups excluding carboxylic acids is 2. The van der Waals surface area contributed by atoms with Crippen molar-refractivity contribution in [1.82, 2.24) is 0 Å². The van der Waals surface area contributed by atoms with E-state index in [0.29, 0.717) is 12.8 Å². The molecule has 0 spiro atoms. The molecule has 0 amide bonds. The minimum absolute atomic E-state index is 0.0623. The first kappa shape index (κ1) is 60.6. The Bertz CT molecular complexity index is 902. The number of aliphatic hydroxyl groups is 1. The summed E-state index contributed by atoms with van der Waals surface area (Å²) in [5, 5.41) is 9.62. The van der Waals surface area contributed by atoms with E-state index < -0.39 is 6.10 Å². The zero-order valence-corrected chi connectivity index (χ0v) is 42.2. The van der Waals surface area contributed by atoms with E-state index in [-0.39, 0.29) is 25.2 Å². The Morgan fingerprint density at radius 1 is 0.355 bits per heavy atom. The Balaban J connectivity index is 3.38. The minimum atomic E-state index is -0.771. The molecular formula is C57H110O5. The fourth-order valence-electron chi connectivity index (χ4n) is 8.79. The van der Waals surface area contributed by atoms with Crippen LogP contribution in [0.15, 0.2) is 12.2 Å². The fraction of sp³-hybridized carbons (Fsp3) is 0.930. The van der Waals surface area contributed by atoms with Crippen LogP contribution in [0.3, 0.4) is 0 Å². The average Bonchev–Trinajstić information content (AvgIpc) is 3.28. The summed E-state index contributed by atoms with van der Waals surface area (Å²) in [5.41, 5.74) is 0. The summed E-state index contributed by atoms with van der Waals surface area (Å²) in [6.45, 7) is 4.18. The zero-order chi connectivity index (χ0) is 44.9. The smallest absolute Gasteiger partial charge is 0.306 e. The number of rotatable bonds is 53. The molecule has 0 aliphatic heterocycles. The number of esters is 2. The molecule has 0 saturated carbocycles. The Labute approximate surface area is 388 Å². The van der Waals surface area contributed by atoms with Crippen molar-refractivity contribution in [3.8, 4) is 0 Å². The predicted molar refractivity (Wildman–Crippen MR) is 270 cm³/mol. The van der Waals surface area contributed by atoms with Gasteiger partial charge in [-0.15, -0.1) is 0 Å². The van der Waals surface area contributed by atoms with Gasteiger partial charge in [0, 0.05) is 12.8 Å². The van der Waals surface area contributed by atoms with E-state index >= 15 is 0 Å². The zero-order valence-electron chi connectivity index (χ0n) is 42.2. The second kappa shape index (κ2) is 54.0. The molecule has 0 aliphatic carbocycles. The van der Waals surface area contributed by atoms with Crippen molar-refractivity contribution >= 4 is 11.9 Å². The third-order valence-corrected chi connectivity index (χ3v) is 13.1. The first-order valence-electron chi connectivity index (χ1n) is 28.2. The van der Waals surface area contributed by atoms with E-state index in [4.69, 9.17) is 9.47 Å². The molecule has 1 unspecified atom stereocenters. The second-order valence-corrected chi connectivity index (χ2v) is 19.4. The lowest BCUT2D eigenvalue weighted by atomic mass is 10.0. The van der Waals surface area contributed by atoms with E-state index in [2.05, 4.69) is 26.0 Å². The Morgan fingerprint density at radius 3 is 0.871 bits per heavy atom.